The summed E-state index contributed by atoms with van der Waals surface area (Å²) < 4.78 is 31.6. The number of nitrogens with zero attached hydrogens (tertiary/aromatic N) is 1. The predicted molar refractivity (Wildman–Crippen MR) is 83.3 cm³/mol. The number of hydrogen-bond acceptors (Lipinski definition) is 4. The van der Waals surface area contributed by atoms with Crippen LogP contribution in [0.1, 0.15) is 27.2 Å². The number of rotatable bonds is 4. The molecule has 0 saturated carbocycles. The van der Waals surface area contributed by atoms with Crippen LogP contribution in [0.15, 0.2) is 24.3 Å². The lowest BCUT2D eigenvalue weighted by Gasteiger charge is -2.52. The Labute approximate surface area is 135 Å². The Morgan fingerprint density at radius 2 is 2.00 bits per heavy atom. The molecule has 2 heterocycles. The Balaban J connectivity index is 1.90. The van der Waals surface area contributed by atoms with Crippen molar-refractivity contribution in [2.75, 3.05) is 18.6 Å². The molecule has 5 nitrogen and oxygen atoms in total. The SMILES string of the molecule is CC[C@]1(F)C(=O)N(c2ccc(OC)cc2)[C@H]1[C@H]1COC(C)(C)O1. The Morgan fingerprint density at radius 1 is 1.35 bits per heavy atom. The van der Waals surface area contributed by atoms with E-state index in [0.717, 1.165) is 0 Å². The summed E-state index contributed by atoms with van der Waals surface area (Å²) >= 11 is 0. The summed E-state index contributed by atoms with van der Waals surface area (Å²) in [6.45, 7) is 5.52. The van der Waals surface area contributed by atoms with Gasteiger partial charge in [0.2, 0.25) is 5.67 Å². The first-order valence-electron chi connectivity index (χ1n) is 7.81. The van der Waals surface area contributed by atoms with E-state index in [1.807, 2.05) is 0 Å². The third-order valence-electron chi connectivity index (χ3n) is 4.57. The molecule has 0 radical (unpaired) electrons. The minimum Gasteiger partial charge on any atom is -0.497 e. The topological polar surface area (TPSA) is 48.0 Å². The van der Waals surface area contributed by atoms with Crippen LogP contribution < -0.4 is 9.64 Å². The van der Waals surface area contributed by atoms with Crippen LogP contribution in [0, 0.1) is 0 Å². The molecule has 2 aliphatic heterocycles. The van der Waals surface area contributed by atoms with Crippen molar-refractivity contribution in [3.8, 4) is 5.75 Å². The molecular formula is C17H22FNO4. The second-order valence-corrected chi connectivity index (χ2v) is 6.40. The summed E-state index contributed by atoms with van der Waals surface area (Å²) in [6, 6.07) is 6.31. The summed E-state index contributed by atoms with van der Waals surface area (Å²) in [7, 11) is 1.57. The Kier molecular flexibility index (Phi) is 3.84. The van der Waals surface area contributed by atoms with E-state index in [4.69, 9.17) is 14.2 Å². The molecule has 6 heteroatoms. The van der Waals surface area contributed by atoms with Crippen LogP contribution >= 0.6 is 0 Å². The van der Waals surface area contributed by atoms with Crippen LogP contribution in [-0.4, -0.2) is 43.2 Å². The lowest BCUT2D eigenvalue weighted by atomic mass is 9.78. The molecule has 0 N–H and O–H groups in total. The standard InChI is InChI=1S/C17H22FNO4/c1-5-17(18)14(13-10-22-16(2,3)23-13)19(15(17)20)11-6-8-12(21-4)9-7-11/h6-9,13-14H,5,10H2,1-4H3/t13-,14+,17-/m1/s1. The number of carbonyl (C=O) groups is 1. The summed E-state index contributed by atoms with van der Waals surface area (Å²) in [5.41, 5.74) is -1.27. The average Bonchev–Trinajstić information content (AvgIpc) is 2.90. The Morgan fingerprint density at radius 3 is 2.48 bits per heavy atom. The van der Waals surface area contributed by atoms with Crippen molar-refractivity contribution in [3.63, 3.8) is 0 Å². The molecule has 0 bridgehead atoms. The van der Waals surface area contributed by atoms with Gasteiger partial charge in [0.25, 0.3) is 5.91 Å². The van der Waals surface area contributed by atoms with Crippen LogP contribution in [-0.2, 0) is 14.3 Å². The zero-order valence-corrected chi connectivity index (χ0v) is 13.8. The van der Waals surface area contributed by atoms with Crippen molar-refractivity contribution >= 4 is 11.6 Å². The molecule has 126 valence electrons. The van der Waals surface area contributed by atoms with Gasteiger partial charge in [-0.15, -0.1) is 0 Å². The first-order chi connectivity index (χ1) is 10.8. The highest BCUT2D eigenvalue weighted by Crippen LogP contribution is 2.45. The van der Waals surface area contributed by atoms with E-state index < -0.39 is 29.5 Å². The summed E-state index contributed by atoms with van der Waals surface area (Å²) in [6.07, 6.45) is -0.376. The minimum atomic E-state index is -1.91. The van der Waals surface area contributed by atoms with E-state index in [1.54, 1.807) is 52.1 Å². The van der Waals surface area contributed by atoms with E-state index in [9.17, 15) is 4.79 Å². The number of halogens is 1. The number of benzene rings is 1. The molecule has 2 saturated heterocycles. The van der Waals surface area contributed by atoms with Gasteiger partial charge in [0.15, 0.2) is 5.79 Å². The maximum absolute atomic E-state index is 15.1. The van der Waals surface area contributed by atoms with E-state index in [2.05, 4.69) is 0 Å². The third kappa shape index (κ3) is 2.50. The average molecular weight is 323 g/mol. The van der Waals surface area contributed by atoms with E-state index in [1.165, 1.54) is 4.90 Å². The van der Waals surface area contributed by atoms with Crippen molar-refractivity contribution in [1.82, 2.24) is 0 Å². The molecule has 0 aliphatic carbocycles. The molecule has 1 aromatic rings. The molecule has 23 heavy (non-hydrogen) atoms. The van der Waals surface area contributed by atoms with Gasteiger partial charge in [0.1, 0.15) is 17.9 Å². The normalized spacial score (nSPS) is 32.7. The number of amides is 1. The third-order valence-corrected chi connectivity index (χ3v) is 4.57. The largest absolute Gasteiger partial charge is 0.497 e. The number of anilines is 1. The molecule has 3 atom stereocenters. The number of hydrogen-bond donors (Lipinski definition) is 0. The van der Waals surface area contributed by atoms with Crippen molar-refractivity contribution in [3.05, 3.63) is 24.3 Å². The van der Waals surface area contributed by atoms with Crippen molar-refractivity contribution in [2.45, 2.75) is 50.8 Å². The van der Waals surface area contributed by atoms with Crippen LogP contribution in [0.25, 0.3) is 0 Å². The van der Waals surface area contributed by atoms with Gasteiger partial charge < -0.3 is 14.2 Å². The number of carbonyl (C=O) groups excluding carboxylic acids is 1. The van der Waals surface area contributed by atoms with Gasteiger partial charge in [-0.1, -0.05) is 6.92 Å². The van der Waals surface area contributed by atoms with Gasteiger partial charge in [-0.05, 0) is 44.5 Å². The smallest absolute Gasteiger partial charge is 0.267 e. The molecule has 1 aromatic carbocycles. The quantitative estimate of drug-likeness (QED) is 0.799. The molecule has 2 aliphatic rings. The number of β-lactam (4-membered cyclic amide) rings is 1. The van der Waals surface area contributed by atoms with Crippen LogP contribution in [0.3, 0.4) is 0 Å². The molecule has 1 amide bonds. The van der Waals surface area contributed by atoms with E-state index >= 15 is 4.39 Å². The van der Waals surface area contributed by atoms with Gasteiger partial charge in [-0.2, -0.15) is 0 Å². The summed E-state index contributed by atoms with van der Waals surface area (Å²) in [5.74, 6) is -0.603. The highest BCUT2D eigenvalue weighted by Gasteiger charge is 2.65. The van der Waals surface area contributed by atoms with Gasteiger partial charge in [0, 0.05) is 5.69 Å². The monoisotopic (exact) mass is 323 g/mol. The van der Waals surface area contributed by atoms with Gasteiger partial charge in [-0.3, -0.25) is 9.69 Å². The highest BCUT2D eigenvalue weighted by atomic mass is 19.1. The van der Waals surface area contributed by atoms with Crippen molar-refractivity contribution in [1.29, 1.82) is 0 Å². The van der Waals surface area contributed by atoms with Gasteiger partial charge >= 0.3 is 0 Å². The fraction of sp³-hybridized carbons (Fsp3) is 0.588. The second-order valence-electron chi connectivity index (χ2n) is 6.40. The first-order valence-corrected chi connectivity index (χ1v) is 7.81. The molecular weight excluding hydrogens is 301 g/mol. The lowest BCUT2D eigenvalue weighted by molar-refractivity contribution is -0.164. The van der Waals surface area contributed by atoms with Crippen LogP contribution in [0.5, 0.6) is 5.75 Å². The number of alkyl halides is 1. The molecule has 2 fully saturated rings. The fourth-order valence-electron chi connectivity index (χ4n) is 3.30. The van der Waals surface area contributed by atoms with Crippen LogP contribution in [0.4, 0.5) is 10.1 Å². The molecule has 0 aromatic heterocycles. The maximum Gasteiger partial charge on any atom is 0.267 e. The molecule has 3 rings (SSSR count). The maximum atomic E-state index is 15.1. The first kappa shape index (κ1) is 16.2. The second kappa shape index (κ2) is 5.46. The number of ether oxygens (including phenoxy) is 3. The molecule has 0 unspecified atom stereocenters. The van der Waals surface area contributed by atoms with Gasteiger partial charge in [0.05, 0.1) is 13.7 Å². The summed E-state index contributed by atoms with van der Waals surface area (Å²) in [4.78, 5) is 13.9. The molecule has 0 spiro atoms. The lowest BCUT2D eigenvalue weighted by Crippen LogP contribution is -2.76. The fourth-order valence-corrected chi connectivity index (χ4v) is 3.30. The predicted octanol–water partition coefficient (Wildman–Crippen LogP) is 2.68. The van der Waals surface area contributed by atoms with Crippen LogP contribution in [0.2, 0.25) is 0 Å². The van der Waals surface area contributed by atoms with E-state index in [0.29, 0.717) is 11.4 Å². The summed E-state index contributed by atoms with van der Waals surface area (Å²) in [5, 5.41) is 0. The van der Waals surface area contributed by atoms with Gasteiger partial charge in [-0.25, -0.2) is 4.39 Å². The zero-order valence-electron chi connectivity index (χ0n) is 13.8. The van der Waals surface area contributed by atoms with E-state index in [-0.39, 0.29) is 13.0 Å². The number of methoxy groups -OCH3 is 1. The van der Waals surface area contributed by atoms with Crippen molar-refractivity contribution < 1.29 is 23.4 Å². The van der Waals surface area contributed by atoms with Crippen molar-refractivity contribution in [2.24, 2.45) is 0 Å². The Bertz CT molecular complexity index is 603. The zero-order chi connectivity index (χ0) is 16.8. The minimum absolute atomic E-state index is 0.115. The Hall–Kier alpha value is -1.66. The highest BCUT2D eigenvalue weighted by molar-refractivity contribution is 6.08.